The van der Waals surface area contributed by atoms with Crippen molar-refractivity contribution in [2.45, 2.75) is 12.3 Å². The first-order valence-corrected chi connectivity index (χ1v) is 9.90. The zero-order chi connectivity index (χ0) is 16.7. The normalized spacial score (nSPS) is 17.2. The zero-order valence-electron chi connectivity index (χ0n) is 12.7. The van der Waals surface area contributed by atoms with Crippen LogP contribution in [0.15, 0.2) is 62.9 Å². The van der Waals surface area contributed by atoms with Crippen molar-refractivity contribution in [1.29, 1.82) is 0 Å². The van der Waals surface area contributed by atoms with Gasteiger partial charge in [0.2, 0.25) is 0 Å². The molecule has 1 aliphatic rings. The van der Waals surface area contributed by atoms with Gasteiger partial charge in [0.15, 0.2) is 5.43 Å². The quantitative estimate of drug-likeness (QED) is 0.549. The fourth-order valence-electron chi connectivity index (χ4n) is 2.51. The lowest BCUT2D eigenvalue weighted by Gasteiger charge is -2.06. The van der Waals surface area contributed by atoms with Crippen molar-refractivity contribution in [1.82, 2.24) is 0 Å². The van der Waals surface area contributed by atoms with Crippen LogP contribution < -0.4 is 5.43 Å². The largest absolute Gasteiger partial charge is 0.464 e. The van der Waals surface area contributed by atoms with Crippen molar-refractivity contribution in [2.24, 2.45) is 4.99 Å². The van der Waals surface area contributed by atoms with Gasteiger partial charge in [-0.3, -0.25) is 9.79 Å². The number of aryl methyl sites for hydroxylation is 1. The van der Waals surface area contributed by atoms with Gasteiger partial charge in [-0.1, -0.05) is 52.7 Å². The third-order valence-electron chi connectivity index (χ3n) is 3.82. The van der Waals surface area contributed by atoms with E-state index in [4.69, 9.17) is 21.0 Å². The van der Waals surface area contributed by atoms with Crippen LogP contribution in [-0.2, 0) is 0 Å². The van der Waals surface area contributed by atoms with Gasteiger partial charge in [0.25, 0.3) is 0 Å². The predicted molar refractivity (Wildman–Crippen MR) is 103 cm³/mol. The molecule has 0 saturated carbocycles. The van der Waals surface area contributed by atoms with Crippen LogP contribution in [0.2, 0.25) is 5.02 Å². The molecule has 4 rings (SSSR count). The van der Waals surface area contributed by atoms with E-state index in [2.05, 4.69) is 0 Å². The number of aliphatic imine (C=N–C) groups is 1. The minimum Gasteiger partial charge on any atom is -0.464 e. The van der Waals surface area contributed by atoms with Gasteiger partial charge in [-0.05, 0) is 29.3 Å². The Morgan fingerprint density at radius 3 is 2.79 bits per heavy atom. The number of hydrogen-bond acceptors (Lipinski definition) is 5. The lowest BCUT2D eigenvalue weighted by Crippen LogP contribution is -2.10. The lowest BCUT2D eigenvalue weighted by atomic mass is 10.1. The minimum absolute atomic E-state index is 0.0489. The van der Waals surface area contributed by atoms with E-state index in [0.29, 0.717) is 21.6 Å². The first-order valence-electron chi connectivity index (χ1n) is 7.31. The van der Waals surface area contributed by atoms with Gasteiger partial charge in [-0.15, -0.1) is 0 Å². The standard InChI is InChI=1S/C18H12ClNO2S2/c1-10-7-12-15(8-14(10)19)22-9-13(16(12)21)18-20-17(23-24-18)11-5-3-2-4-6-11/h2-9,18H,1H3. The molecule has 1 atom stereocenters. The van der Waals surface area contributed by atoms with Crippen molar-refractivity contribution < 1.29 is 4.42 Å². The lowest BCUT2D eigenvalue weighted by molar-refractivity contribution is 0.592. The molecule has 0 fully saturated rings. The van der Waals surface area contributed by atoms with Gasteiger partial charge >= 0.3 is 0 Å². The van der Waals surface area contributed by atoms with E-state index < -0.39 is 0 Å². The molecule has 24 heavy (non-hydrogen) atoms. The second kappa shape index (κ2) is 6.31. The van der Waals surface area contributed by atoms with E-state index >= 15 is 0 Å². The van der Waals surface area contributed by atoms with Gasteiger partial charge in [0.05, 0.1) is 10.9 Å². The summed E-state index contributed by atoms with van der Waals surface area (Å²) in [5, 5.41) is 1.80. The van der Waals surface area contributed by atoms with Gasteiger partial charge < -0.3 is 4.42 Å². The van der Waals surface area contributed by atoms with Gasteiger partial charge in [0.1, 0.15) is 22.3 Å². The summed E-state index contributed by atoms with van der Waals surface area (Å²) in [6.45, 7) is 1.87. The molecule has 2 heterocycles. The molecule has 0 radical (unpaired) electrons. The predicted octanol–water partition coefficient (Wildman–Crippen LogP) is 5.60. The molecule has 6 heteroatoms. The number of rotatable bonds is 2. The maximum absolute atomic E-state index is 12.8. The van der Waals surface area contributed by atoms with Crippen molar-refractivity contribution in [3.63, 3.8) is 0 Å². The molecular weight excluding hydrogens is 362 g/mol. The second-order valence-electron chi connectivity index (χ2n) is 5.45. The summed E-state index contributed by atoms with van der Waals surface area (Å²) < 4.78 is 5.64. The van der Waals surface area contributed by atoms with E-state index in [1.165, 1.54) is 6.26 Å². The molecule has 0 saturated heterocycles. The van der Waals surface area contributed by atoms with Gasteiger partial charge in [-0.25, -0.2) is 0 Å². The third kappa shape index (κ3) is 2.77. The van der Waals surface area contributed by atoms with E-state index in [1.807, 2.05) is 37.3 Å². The Kier molecular flexibility index (Phi) is 4.16. The van der Waals surface area contributed by atoms with Crippen molar-refractivity contribution in [2.75, 3.05) is 0 Å². The SMILES string of the molecule is Cc1cc2c(=O)c(C3N=C(c4ccccc4)SS3)coc2cc1Cl. The van der Waals surface area contributed by atoms with E-state index in [-0.39, 0.29) is 10.8 Å². The van der Waals surface area contributed by atoms with Gasteiger partial charge in [0, 0.05) is 16.7 Å². The number of fused-ring (bicyclic) bond motifs is 1. The summed E-state index contributed by atoms with van der Waals surface area (Å²) in [4.78, 5) is 17.5. The molecule has 0 N–H and O–H groups in total. The van der Waals surface area contributed by atoms with Crippen LogP contribution in [-0.4, -0.2) is 5.04 Å². The van der Waals surface area contributed by atoms with Crippen LogP contribution in [0.4, 0.5) is 0 Å². The van der Waals surface area contributed by atoms with Crippen LogP contribution in [0.25, 0.3) is 11.0 Å². The molecule has 1 aliphatic heterocycles. The third-order valence-corrected chi connectivity index (χ3v) is 6.67. The number of benzene rings is 2. The summed E-state index contributed by atoms with van der Waals surface area (Å²) >= 11 is 6.10. The number of nitrogens with zero attached hydrogens (tertiary/aromatic N) is 1. The van der Waals surface area contributed by atoms with Crippen LogP contribution >= 0.6 is 33.2 Å². The summed E-state index contributed by atoms with van der Waals surface area (Å²) in [6, 6.07) is 13.4. The molecule has 0 bridgehead atoms. The second-order valence-corrected chi connectivity index (χ2v) is 8.13. The first kappa shape index (κ1) is 15.8. The van der Waals surface area contributed by atoms with E-state index in [9.17, 15) is 4.79 Å². The van der Waals surface area contributed by atoms with Crippen molar-refractivity contribution >= 4 is 49.2 Å². The topological polar surface area (TPSA) is 42.6 Å². The summed E-state index contributed by atoms with van der Waals surface area (Å²) in [5.41, 5.74) is 2.93. The Labute approximate surface area is 151 Å². The van der Waals surface area contributed by atoms with Crippen LogP contribution in [0.3, 0.4) is 0 Å². The molecule has 120 valence electrons. The molecule has 0 aliphatic carbocycles. The minimum atomic E-state index is -0.262. The zero-order valence-corrected chi connectivity index (χ0v) is 15.0. The highest BCUT2D eigenvalue weighted by Gasteiger charge is 2.25. The molecule has 3 nitrogen and oxygen atoms in total. The fourth-order valence-corrected chi connectivity index (χ4v) is 5.11. The van der Waals surface area contributed by atoms with Crippen LogP contribution in [0, 0.1) is 6.92 Å². The monoisotopic (exact) mass is 373 g/mol. The van der Waals surface area contributed by atoms with E-state index in [0.717, 1.165) is 16.2 Å². The highest BCUT2D eigenvalue weighted by Crippen LogP contribution is 2.47. The molecular formula is C18H12ClNO2S2. The number of hydrogen-bond donors (Lipinski definition) is 0. The Bertz CT molecular complexity index is 1010. The molecule has 0 amide bonds. The smallest absolute Gasteiger partial charge is 0.198 e. The fraction of sp³-hybridized carbons (Fsp3) is 0.111. The van der Waals surface area contributed by atoms with E-state index in [1.54, 1.807) is 33.7 Å². The Hall–Kier alpha value is -1.69. The molecule has 0 spiro atoms. The molecule has 1 aromatic heterocycles. The first-order chi connectivity index (χ1) is 11.6. The highest BCUT2D eigenvalue weighted by molar-refractivity contribution is 8.83. The molecule has 2 aromatic carbocycles. The maximum Gasteiger partial charge on any atom is 0.198 e. The van der Waals surface area contributed by atoms with Crippen molar-refractivity contribution in [3.05, 3.63) is 80.7 Å². The molecule has 3 aromatic rings. The average Bonchev–Trinajstić information content (AvgIpc) is 3.08. The average molecular weight is 374 g/mol. The molecule has 1 unspecified atom stereocenters. The highest BCUT2D eigenvalue weighted by atomic mass is 35.5. The van der Waals surface area contributed by atoms with Crippen LogP contribution in [0.1, 0.15) is 22.1 Å². The Morgan fingerprint density at radius 1 is 1.21 bits per heavy atom. The van der Waals surface area contributed by atoms with Gasteiger partial charge in [-0.2, -0.15) is 0 Å². The summed E-state index contributed by atoms with van der Waals surface area (Å²) in [5.74, 6) is 0. The van der Waals surface area contributed by atoms with Crippen molar-refractivity contribution in [3.8, 4) is 0 Å². The van der Waals surface area contributed by atoms with Crippen LogP contribution in [0.5, 0.6) is 0 Å². The number of halogens is 1. The maximum atomic E-state index is 12.8. The Morgan fingerprint density at radius 2 is 2.00 bits per heavy atom. The summed E-state index contributed by atoms with van der Waals surface area (Å²) in [6.07, 6.45) is 1.51. The summed E-state index contributed by atoms with van der Waals surface area (Å²) in [7, 11) is 3.14. The Balaban J connectivity index is 1.78.